The van der Waals surface area contributed by atoms with Crippen LogP contribution in [0, 0.1) is 0 Å². The fourth-order valence-corrected chi connectivity index (χ4v) is 3.05. The molecule has 0 aliphatic carbocycles. The van der Waals surface area contributed by atoms with Crippen molar-refractivity contribution in [3.8, 4) is 5.75 Å². The van der Waals surface area contributed by atoms with E-state index in [9.17, 15) is 22.8 Å². The third-order valence-electron chi connectivity index (χ3n) is 4.29. The number of rotatable bonds is 9. The number of carbonyl (C=O) groups excluding carboxylic acids is 2. The second-order valence-electron chi connectivity index (χ2n) is 6.78. The molecule has 0 bridgehead atoms. The Morgan fingerprint density at radius 1 is 1.10 bits per heavy atom. The minimum absolute atomic E-state index is 0.0172. The van der Waals surface area contributed by atoms with Crippen LogP contribution in [0.3, 0.4) is 0 Å². The first-order valence-electron chi connectivity index (χ1n) is 9.66. The lowest BCUT2D eigenvalue weighted by molar-refractivity contribution is -0.141. The minimum Gasteiger partial charge on any atom is -0.426 e. The van der Waals surface area contributed by atoms with Gasteiger partial charge in [0, 0.05) is 11.4 Å². The molecule has 1 N–H and O–H groups in total. The summed E-state index contributed by atoms with van der Waals surface area (Å²) in [5.74, 6) is -1.28. The molecule has 1 heterocycles. The van der Waals surface area contributed by atoms with Crippen LogP contribution < -0.4 is 10.1 Å². The number of alkyl halides is 3. The van der Waals surface area contributed by atoms with Crippen molar-refractivity contribution in [3.63, 3.8) is 0 Å². The van der Waals surface area contributed by atoms with E-state index in [0.717, 1.165) is 31.9 Å². The fraction of sp³-hybridized carbons (Fsp3) is 0.381. The molecule has 0 radical (unpaired) electrons. The number of unbranched alkanes of at least 4 members (excludes halogenated alkanes) is 4. The Balaban J connectivity index is 2.11. The number of pyridine rings is 1. The van der Waals surface area contributed by atoms with Crippen molar-refractivity contribution in [2.24, 2.45) is 0 Å². The number of ether oxygens (including phenoxy) is 1. The molecular formula is C21H21Cl2F3N2O3. The third-order valence-corrected chi connectivity index (χ3v) is 4.83. The van der Waals surface area contributed by atoms with Gasteiger partial charge < -0.3 is 10.1 Å². The van der Waals surface area contributed by atoms with E-state index in [4.69, 9.17) is 27.9 Å². The number of amides is 1. The molecule has 2 aromatic rings. The third kappa shape index (κ3) is 7.70. The van der Waals surface area contributed by atoms with Gasteiger partial charge in [0.15, 0.2) is 0 Å². The van der Waals surface area contributed by atoms with E-state index in [1.165, 1.54) is 18.2 Å². The number of hydrogen-bond acceptors (Lipinski definition) is 4. The summed E-state index contributed by atoms with van der Waals surface area (Å²) in [7, 11) is 0. The quantitative estimate of drug-likeness (QED) is 0.242. The normalized spacial score (nSPS) is 11.3. The van der Waals surface area contributed by atoms with Gasteiger partial charge in [-0.2, -0.15) is 13.2 Å². The summed E-state index contributed by atoms with van der Waals surface area (Å²) in [6.45, 7) is 2.09. The number of hydrogen-bond donors (Lipinski definition) is 1. The fourth-order valence-electron chi connectivity index (χ4n) is 2.68. The molecule has 0 fully saturated rings. The Labute approximate surface area is 187 Å². The molecule has 0 spiro atoms. The molecule has 1 aromatic carbocycles. The van der Waals surface area contributed by atoms with Crippen molar-refractivity contribution in [2.75, 3.05) is 5.32 Å². The molecular weight excluding hydrogens is 456 g/mol. The first kappa shape index (κ1) is 24.9. The smallest absolute Gasteiger partial charge is 0.426 e. The molecule has 1 aromatic heterocycles. The van der Waals surface area contributed by atoms with Crippen LogP contribution >= 0.6 is 23.2 Å². The summed E-state index contributed by atoms with van der Waals surface area (Å²) in [6.07, 6.45) is 1.11. The number of aromatic nitrogens is 1. The Kier molecular flexibility index (Phi) is 9.13. The molecule has 10 heteroatoms. The Bertz CT molecular complexity index is 937. The Morgan fingerprint density at radius 2 is 1.81 bits per heavy atom. The van der Waals surface area contributed by atoms with Crippen LogP contribution in [0.25, 0.3) is 0 Å². The van der Waals surface area contributed by atoms with E-state index in [-0.39, 0.29) is 33.5 Å². The zero-order valence-electron chi connectivity index (χ0n) is 16.7. The summed E-state index contributed by atoms with van der Waals surface area (Å²) in [6, 6.07) is 4.72. The van der Waals surface area contributed by atoms with Gasteiger partial charge in [-0.05, 0) is 30.7 Å². The lowest BCUT2D eigenvalue weighted by Crippen LogP contribution is -2.17. The predicted octanol–water partition coefficient (Wildman–Crippen LogP) is 6.93. The van der Waals surface area contributed by atoms with Gasteiger partial charge in [0.2, 0.25) is 0 Å². The van der Waals surface area contributed by atoms with E-state index in [2.05, 4.69) is 17.2 Å². The zero-order valence-corrected chi connectivity index (χ0v) is 18.2. The minimum atomic E-state index is -4.67. The second kappa shape index (κ2) is 11.3. The molecule has 2 rings (SSSR count). The number of carbonyl (C=O) groups is 2. The van der Waals surface area contributed by atoms with Crippen LogP contribution in [0.1, 0.15) is 61.5 Å². The maximum atomic E-state index is 12.7. The van der Waals surface area contributed by atoms with Gasteiger partial charge >= 0.3 is 12.1 Å². The molecule has 0 aliphatic rings. The average molecular weight is 477 g/mol. The van der Waals surface area contributed by atoms with Gasteiger partial charge in [-0.25, -0.2) is 4.98 Å². The molecule has 31 heavy (non-hydrogen) atoms. The van der Waals surface area contributed by atoms with Crippen molar-refractivity contribution in [2.45, 2.75) is 51.6 Å². The predicted molar refractivity (Wildman–Crippen MR) is 113 cm³/mol. The molecule has 168 valence electrons. The summed E-state index contributed by atoms with van der Waals surface area (Å²) < 4.78 is 43.5. The highest BCUT2D eigenvalue weighted by Crippen LogP contribution is 2.32. The van der Waals surface area contributed by atoms with E-state index in [1.807, 2.05) is 0 Å². The van der Waals surface area contributed by atoms with E-state index < -0.39 is 23.7 Å². The van der Waals surface area contributed by atoms with Gasteiger partial charge in [-0.1, -0.05) is 55.8 Å². The molecule has 1 amide bonds. The number of nitrogens with zero attached hydrogens (tertiary/aromatic N) is 1. The molecule has 0 saturated carbocycles. The number of nitrogens with one attached hydrogen (secondary N) is 1. The highest BCUT2D eigenvalue weighted by Gasteiger charge is 2.33. The molecule has 0 saturated heterocycles. The lowest BCUT2D eigenvalue weighted by Gasteiger charge is -2.13. The van der Waals surface area contributed by atoms with Crippen LogP contribution in [0.4, 0.5) is 18.9 Å². The summed E-state index contributed by atoms with van der Waals surface area (Å²) in [5.41, 5.74) is -1.39. The number of benzene rings is 1. The number of esters is 1. The van der Waals surface area contributed by atoms with Crippen LogP contribution in [0.2, 0.25) is 10.0 Å². The second-order valence-corrected chi connectivity index (χ2v) is 7.62. The van der Waals surface area contributed by atoms with Crippen molar-refractivity contribution in [1.82, 2.24) is 4.98 Å². The topological polar surface area (TPSA) is 68.3 Å². The highest BCUT2D eigenvalue weighted by atomic mass is 35.5. The SMILES string of the molecule is CCCCCCCC(=O)Oc1ccc(Cl)cc1C(=O)Nc1cnc(C(F)(F)F)cc1Cl. The molecule has 0 unspecified atom stereocenters. The van der Waals surface area contributed by atoms with Crippen LogP contribution in [0.5, 0.6) is 5.75 Å². The number of anilines is 1. The average Bonchev–Trinajstić information content (AvgIpc) is 2.69. The number of halogens is 5. The van der Waals surface area contributed by atoms with E-state index >= 15 is 0 Å². The van der Waals surface area contributed by atoms with Crippen molar-refractivity contribution in [1.29, 1.82) is 0 Å². The van der Waals surface area contributed by atoms with Crippen LogP contribution in [0.15, 0.2) is 30.5 Å². The maximum Gasteiger partial charge on any atom is 0.433 e. The van der Waals surface area contributed by atoms with Gasteiger partial charge in [0.1, 0.15) is 11.4 Å². The Hall–Kier alpha value is -2.32. The van der Waals surface area contributed by atoms with Crippen molar-refractivity contribution >= 4 is 40.8 Å². The monoisotopic (exact) mass is 476 g/mol. The largest absolute Gasteiger partial charge is 0.433 e. The first-order valence-corrected chi connectivity index (χ1v) is 10.4. The zero-order chi connectivity index (χ0) is 23.0. The highest BCUT2D eigenvalue weighted by molar-refractivity contribution is 6.34. The van der Waals surface area contributed by atoms with Crippen molar-refractivity contribution in [3.05, 3.63) is 51.8 Å². The van der Waals surface area contributed by atoms with Gasteiger partial charge in [-0.15, -0.1) is 0 Å². The Morgan fingerprint density at radius 3 is 2.45 bits per heavy atom. The van der Waals surface area contributed by atoms with Gasteiger partial charge in [-0.3, -0.25) is 9.59 Å². The van der Waals surface area contributed by atoms with Crippen LogP contribution in [-0.2, 0) is 11.0 Å². The van der Waals surface area contributed by atoms with E-state index in [1.54, 1.807) is 0 Å². The summed E-state index contributed by atoms with van der Waals surface area (Å²) >= 11 is 11.8. The van der Waals surface area contributed by atoms with Crippen LogP contribution in [-0.4, -0.2) is 16.9 Å². The molecule has 0 atom stereocenters. The van der Waals surface area contributed by atoms with Crippen molar-refractivity contribution < 1.29 is 27.5 Å². The van der Waals surface area contributed by atoms with Gasteiger partial charge in [0.25, 0.3) is 5.91 Å². The lowest BCUT2D eigenvalue weighted by atomic mass is 10.1. The molecule has 0 aliphatic heterocycles. The molecule has 5 nitrogen and oxygen atoms in total. The summed E-state index contributed by atoms with van der Waals surface area (Å²) in [5, 5.41) is 2.23. The first-order chi connectivity index (χ1) is 14.6. The summed E-state index contributed by atoms with van der Waals surface area (Å²) in [4.78, 5) is 28.1. The van der Waals surface area contributed by atoms with E-state index in [0.29, 0.717) is 12.5 Å². The standard InChI is InChI=1S/C21H21Cl2F3N2O3/c1-2-3-4-5-6-7-19(29)31-17-9-8-13(22)10-14(17)20(30)28-16-12-27-18(11-15(16)23)21(24,25)26/h8-12H,2-7H2,1H3,(H,28,30). The van der Waals surface area contributed by atoms with Gasteiger partial charge in [0.05, 0.1) is 22.5 Å². The maximum absolute atomic E-state index is 12.7.